The van der Waals surface area contributed by atoms with Gasteiger partial charge in [-0.05, 0) is 69.2 Å². The van der Waals surface area contributed by atoms with Crippen molar-refractivity contribution in [1.82, 2.24) is 4.72 Å². The molecule has 1 unspecified atom stereocenters. The third kappa shape index (κ3) is 5.71. The second-order valence-electron chi connectivity index (χ2n) is 8.79. The second-order valence-corrected chi connectivity index (χ2v) is 10.5. The Labute approximate surface area is 183 Å². The predicted octanol–water partition coefficient (Wildman–Crippen LogP) is 3.32. The Morgan fingerprint density at radius 2 is 1.68 bits per heavy atom. The van der Waals surface area contributed by atoms with E-state index in [0.29, 0.717) is 12.2 Å². The van der Waals surface area contributed by atoms with E-state index in [1.807, 2.05) is 24.3 Å². The lowest BCUT2D eigenvalue weighted by Gasteiger charge is -2.20. The monoisotopic (exact) mass is 443 g/mol. The molecule has 0 bridgehead atoms. The maximum Gasteiger partial charge on any atom is 0.241 e. The molecule has 2 N–H and O–H groups in total. The Hall–Kier alpha value is -2.71. The first-order valence-corrected chi connectivity index (χ1v) is 11.8. The van der Waals surface area contributed by atoms with Crippen LogP contribution in [0.5, 0.6) is 0 Å². The van der Waals surface area contributed by atoms with E-state index in [1.165, 1.54) is 17.7 Å². The molecular weight excluding hydrogens is 414 g/mol. The third-order valence-corrected chi connectivity index (χ3v) is 6.80. The van der Waals surface area contributed by atoms with E-state index in [1.54, 1.807) is 37.8 Å². The number of hydrogen-bond acceptors (Lipinski definition) is 4. The van der Waals surface area contributed by atoms with Gasteiger partial charge in [-0.25, -0.2) is 13.1 Å². The molecule has 2 amide bonds. The number of anilines is 2. The van der Waals surface area contributed by atoms with Gasteiger partial charge in [-0.2, -0.15) is 0 Å². The number of carbonyl (C=O) groups excluding carboxylic acids is 2. The van der Waals surface area contributed by atoms with Gasteiger partial charge in [0.05, 0.1) is 10.8 Å². The van der Waals surface area contributed by atoms with E-state index in [4.69, 9.17) is 0 Å². The fourth-order valence-corrected chi connectivity index (χ4v) is 4.89. The molecule has 0 spiro atoms. The normalized spacial score (nSPS) is 17.1. The zero-order chi connectivity index (χ0) is 22.8. The molecule has 1 atom stereocenters. The molecule has 166 valence electrons. The maximum absolute atomic E-state index is 12.7. The molecular formula is C23H29N3O4S. The molecule has 0 aromatic heterocycles. The minimum Gasteiger partial charge on any atom is -0.326 e. The van der Waals surface area contributed by atoms with Crippen LogP contribution in [0.2, 0.25) is 0 Å². The summed E-state index contributed by atoms with van der Waals surface area (Å²) in [5, 5.41) is 2.79. The summed E-state index contributed by atoms with van der Waals surface area (Å²) in [6, 6.07) is 13.8. The van der Waals surface area contributed by atoms with Crippen molar-refractivity contribution in [3.8, 4) is 0 Å². The van der Waals surface area contributed by atoms with Crippen molar-refractivity contribution >= 4 is 33.2 Å². The first-order valence-electron chi connectivity index (χ1n) is 10.3. The van der Waals surface area contributed by atoms with Gasteiger partial charge < -0.3 is 10.2 Å². The highest BCUT2D eigenvalue weighted by molar-refractivity contribution is 7.89. The topological polar surface area (TPSA) is 95.6 Å². The van der Waals surface area contributed by atoms with Gasteiger partial charge in [0.25, 0.3) is 0 Å². The summed E-state index contributed by atoms with van der Waals surface area (Å²) >= 11 is 0. The van der Waals surface area contributed by atoms with Crippen LogP contribution in [0.15, 0.2) is 53.4 Å². The van der Waals surface area contributed by atoms with E-state index in [-0.39, 0.29) is 23.1 Å². The lowest BCUT2D eigenvalue weighted by atomic mass is 10.1. The van der Waals surface area contributed by atoms with Crippen LogP contribution in [0, 0.1) is 5.92 Å². The van der Waals surface area contributed by atoms with Crippen LogP contribution in [0.1, 0.15) is 39.7 Å². The molecule has 0 saturated carbocycles. The number of amides is 2. The van der Waals surface area contributed by atoms with Gasteiger partial charge in [-0.15, -0.1) is 0 Å². The van der Waals surface area contributed by atoms with Gasteiger partial charge >= 0.3 is 0 Å². The third-order valence-electron chi connectivity index (χ3n) is 5.02. The first-order chi connectivity index (χ1) is 14.5. The Morgan fingerprint density at radius 1 is 1.06 bits per heavy atom. The molecule has 31 heavy (non-hydrogen) atoms. The SMILES string of the molecule is CCc1ccc(N2CC(C(=O)Nc3ccc(S(=O)(=O)NC(C)(C)C)cc3)CC2=O)cc1. The van der Waals surface area contributed by atoms with E-state index in [0.717, 1.165) is 12.1 Å². The Kier molecular flexibility index (Phi) is 6.52. The molecule has 7 nitrogen and oxygen atoms in total. The molecule has 1 fully saturated rings. The Balaban J connectivity index is 1.64. The molecule has 0 aliphatic carbocycles. The van der Waals surface area contributed by atoms with Crippen LogP contribution in [-0.4, -0.2) is 32.3 Å². The van der Waals surface area contributed by atoms with E-state index < -0.39 is 21.5 Å². The minimum atomic E-state index is -3.64. The summed E-state index contributed by atoms with van der Waals surface area (Å²) in [6.07, 6.45) is 1.06. The van der Waals surface area contributed by atoms with Gasteiger partial charge in [0, 0.05) is 29.9 Å². The van der Waals surface area contributed by atoms with Gasteiger partial charge in [0.1, 0.15) is 0 Å². The number of nitrogens with zero attached hydrogens (tertiary/aromatic N) is 1. The van der Waals surface area contributed by atoms with Crippen LogP contribution >= 0.6 is 0 Å². The van der Waals surface area contributed by atoms with E-state index >= 15 is 0 Å². The second kappa shape index (κ2) is 8.80. The largest absolute Gasteiger partial charge is 0.326 e. The van der Waals surface area contributed by atoms with Crippen molar-refractivity contribution < 1.29 is 18.0 Å². The Bertz CT molecular complexity index is 1060. The van der Waals surface area contributed by atoms with Crippen molar-refractivity contribution in [1.29, 1.82) is 0 Å². The molecule has 0 radical (unpaired) electrons. The molecule has 1 aliphatic heterocycles. The fraction of sp³-hybridized carbons (Fsp3) is 0.391. The van der Waals surface area contributed by atoms with Crippen molar-refractivity contribution in [2.24, 2.45) is 5.92 Å². The summed E-state index contributed by atoms with van der Waals surface area (Å²) in [4.78, 5) is 26.9. The van der Waals surface area contributed by atoms with Crippen molar-refractivity contribution in [2.45, 2.75) is 51.0 Å². The number of rotatable bonds is 6. The summed E-state index contributed by atoms with van der Waals surface area (Å²) in [5.41, 5.74) is 1.87. The molecule has 2 aromatic carbocycles. The molecule has 3 rings (SSSR count). The summed E-state index contributed by atoms with van der Waals surface area (Å²) in [5.74, 6) is -0.812. The van der Waals surface area contributed by atoms with Gasteiger partial charge in [0.2, 0.25) is 21.8 Å². The maximum atomic E-state index is 12.7. The smallest absolute Gasteiger partial charge is 0.241 e. The highest BCUT2D eigenvalue weighted by Gasteiger charge is 2.35. The van der Waals surface area contributed by atoms with Crippen LogP contribution < -0.4 is 14.9 Å². The average Bonchev–Trinajstić information content (AvgIpc) is 3.08. The van der Waals surface area contributed by atoms with Crippen LogP contribution in [0.25, 0.3) is 0 Å². The standard InChI is InChI=1S/C23H29N3O4S/c1-5-16-6-10-19(11-7-16)26-15-17(14-21(26)27)22(28)24-18-8-12-20(13-9-18)31(29,30)25-23(2,3)4/h6-13,17,25H,5,14-15H2,1-4H3,(H,24,28). The van der Waals surface area contributed by atoms with E-state index in [2.05, 4.69) is 17.0 Å². The highest BCUT2D eigenvalue weighted by Crippen LogP contribution is 2.27. The van der Waals surface area contributed by atoms with Crippen molar-refractivity contribution in [2.75, 3.05) is 16.8 Å². The highest BCUT2D eigenvalue weighted by atomic mass is 32.2. The van der Waals surface area contributed by atoms with E-state index in [9.17, 15) is 18.0 Å². The lowest BCUT2D eigenvalue weighted by Crippen LogP contribution is -2.40. The quantitative estimate of drug-likeness (QED) is 0.716. The zero-order valence-corrected chi connectivity index (χ0v) is 19.1. The molecule has 2 aromatic rings. The van der Waals surface area contributed by atoms with Crippen molar-refractivity contribution in [3.05, 3.63) is 54.1 Å². The minimum absolute atomic E-state index is 0.0842. The average molecular weight is 444 g/mol. The van der Waals surface area contributed by atoms with Crippen LogP contribution in [0.4, 0.5) is 11.4 Å². The number of sulfonamides is 1. The molecule has 8 heteroatoms. The predicted molar refractivity (Wildman–Crippen MR) is 121 cm³/mol. The molecule has 1 saturated heterocycles. The van der Waals surface area contributed by atoms with Gasteiger partial charge in [0.15, 0.2) is 0 Å². The van der Waals surface area contributed by atoms with Gasteiger partial charge in [-0.3, -0.25) is 9.59 Å². The molecule has 1 heterocycles. The van der Waals surface area contributed by atoms with Gasteiger partial charge in [-0.1, -0.05) is 19.1 Å². The number of hydrogen-bond donors (Lipinski definition) is 2. The number of aryl methyl sites for hydroxylation is 1. The summed E-state index contributed by atoms with van der Waals surface area (Å²) in [7, 11) is -3.64. The first kappa shape index (κ1) is 23.0. The zero-order valence-electron chi connectivity index (χ0n) is 18.3. The fourth-order valence-electron chi connectivity index (χ4n) is 3.47. The van der Waals surface area contributed by atoms with Crippen LogP contribution in [-0.2, 0) is 26.0 Å². The number of benzene rings is 2. The number of nitrogens with one attached hydrogen (secondary N) is 2. The summed E-state index contributed by atoms with van der Waals surface area (Å²) in [6.45, 7) is 7.69. The lowest BCUT2D eigenvalue weighted by molar-refractivity contribution is -0.122. The molecule has 1 aliphatic rings. The summed E-state index contributed by atoms with van der Waals surface area (Å²) < 4.78 is 27.4. The number of carbonyl (C=O) groups is 2. The van der Waals surface area contributed by atoms with Crippen LogP contribution in [0.3, 0.4) is 0 Å². The Morgan fingerprint density at radius 3 is 2.23 bits per heavy atom. The van der Waals surface area contributed by atoms with Crippen molar-refractivity contribution in [3.63, 3.8) is 0 Å².